The summed E-state index contributed by atoms with van der Waals surface area (Å²) in [5.74, 6) is -0.849. The number of unbranched alkanes of at least 4 members (excludes halogenated alkanes) is 6. The van der Waals surface area contributed by atoms with Crippen LogP contribution >= 0.6 is 45.3 Å². The van der Waals surface area contributed by atoms with E-state index in [1.54, 1.807) is 34.8 Å². The van der Waals surface area contributed by atoms with Crippen molar-refractivity contribution >= 4 is 105 Å². The molecule has 0 saturated heterocycles. The number of hydrogen-bond acceptors (Lipinski definition) is 11. The van der Waals surface area contributed by atoms with Gasteiger partial charge in [-0.25, -0.2) is 9.59 Å². The van der Waals surface area contributed by atoms with Crippen LogP contribution < -0.4 is 14.4 Å². The van der Waals surface area contributed by atoms with Crippen LogP contribution in [0.2, 0.25) is 0 Å². The lowest BCUT2D eigenvalue weighted by molar-refractivity contribution is -0.133. The van der Waals surface area contributed by atoms with Crippen molar-refractivity contribution in [1.29, 1.82) is 10.5 Å². The molecule has 0 radical (unpaired) electrons. The first-order chi connectivity index (χ1) is 33.6. The molecule has 8 aromatic rings. The van der Waals surface area contributed by atoms with Crippen LogP contribution in [-0.4, -0.2) is 35.4 Å². The van der Waals surface area contributed by atoms with Crippen molar-refractivity contribution in [3.63, 3.8) is 0 Å². The van der Waals surface area contributed by atoms with Gasteiger partial charge in [0.05, 0.1) is 13.2 Å². The van der Waals surface area contributed by atoms with Gasteiger partial charge < -0.3 is 24.6 Å². The molecular formula is C56H49N3O6S4. The number of nitrogens with zero attached hydrogens (tertiary/aromatic N) is 3. The lowest BCUT2D eigenvalue weighted by atomic mass is 10.0. The monoisotopic (exact) mass is 987 g/mol. The number of aliphatic carboxylic acids is 2. The second-order valence-corrected chi connectivity index (χ2v) is 20.8. The number of thiophene rings is 4. The van der Waals surface area contributed by atoms with Gasteiger partial charge in [-0.3, -0.25) is 0 Å². The van der Waals surface area contributed by atoms with E-state index in [9.17, 15) is 30.3 Å². The van der Waals surface area contributed by atoms with Crippen LogP contribution in [0.1, 0.15) is 75.0 Å². The maximum Gasteiger partial charge on any atom is 0.346 e. The number of benzene rings is 4. The number of rotatable bonds is 22. The van der Waals surface area contributed by atoms with E-state index in [1.807, 2.05) is 24.3 Å². The molecule has 0 aliphatic rings. The van der Waals surface area contributed by atoms with Crippen LogP contribution in [0.5, 0.6) is 11.5 Å². The van der Waals surface area contributed by atoms with E-state index >= 15 is 0 Å². The summed E-state index contributed by atoms with van der Waals surface area (Å²) in [5, 5.41) is 37.1. The van der Waals surface area contributed by atoms with Crippen LogP contribution in [0.25, 0.3) is 63.0 Å². The van der Waals surface area contributed by atoms with E-state index in [2.05, 4.69) is 110 Å². The lowest BCUT2D eigenvalue weighted by Gasteiger charge is -2.26. The molecule has 0 saturated carbocycles. The SMILES string of the molecule is CCCCCCOc1ccc(-c2ccc(N(c3ccc(-c4cc5sc(C=C(C#N)C(=O)O)cc5s4)cc3)c3ccc(-c4cc5sc(C=C(C#N)C(=O)O)cc5s4)cc3)cc2)c(OCCCCCC)c1. The molecule has 348 valence electrons. The van der Waals surface area contributed by atoms with Crippen molar-refractivity contribution in [2.75, 3.05) is 18.1 Å². The zero-order valence-electron chi connectivity index (χ0n) is 38.2. The Kier molecular flexibility index (Phi) is 16.1. The highest BCUT2D eigenvalue weighted by Gasteiger charge is 2.18. The molecule has 0 aliphatic carbocycles. The van der Waals surface area contributed by atoms with Crippen molar-refractivity contribution in [3.8, 4) is 55.6 Å². The third kappa shape index (κ3) is 11.8. The molecule has 9 nitrogen and oxygen atoms in total. The number of carboxylic acid groups (broad SMARTS) is 2. The first kappa shape index (κ1) is 48.5. The molecule has 0 aliphatic heterocycles. The van der Waals surface area contributed by atoms with E-state index in [0.29, 0.717) is 13.2 Å². The highest BCUT2D eigenvalue weighted by molar-refractivity contribution is 7.30. The number of hydrogen-bond donors (Lipinski definition) is 2. The van der Waals surface area contributed by atoms with E-state index in [0.717, 1.165) is 115 Å². The van der Waals surface area contributed by atoms with Crippen molar-refractivity contribution in [2.45, 2.75) is 65.2 Å². The van der Waals surface area contributed by atoms with Crippen LogP contribution in [0.4, 0.5) is 17.1 Å². The Morgan fingerprint density at radius 1 is 0.536 bits per heavy atom. The summed E-state index contributed by atoms with van der Waals surface area (Å²) >= 11 is 6.17. The number of fused-ring (bicyclic) bond motifs is 2. The number of nitriles is 2. The van der Waals surface area contributed by atoms with Gasteiger partial charge in [0, 0.05) is 67.0 Å². The quantitative estimate of drug-likeness (QED) is 0.0385. The molecule has 2 N–H and O–H groups in total. The topological polar surface area (TPSA) is 144 Å². The van der Waals surface area contributed by atoms with E-state index in [1.165, 1.54) is 60.5 Å². The van der Waals surface area contributed by atoms with Crippen molar-refractivity contribution in [3.05, 3.63) is 136 Å². The fraction of sp³-hybridized carbons (Fsp3) is 0.214. The normalized spacial score (nSPS) is 11.7. The standard InChI is InChI=1S/C56H49N3O6S4/c1-3-5-7-9-25-64-44-23-24-47(48(29-44)65-26-10-8-6-4-2)36-11-17-41(18-12-36)59(42-19-13-37(14-20-42)49-32-53-51(68-49)30-45(66-53)27-39(34-57)55(60)61)43-21-15-38(16-22-43)50-33-54-52(69-50)31-46(67-54)28-40(35-58)56(62)63/h11-24,27-33H,3-10,25-26H2,1-2H3,(H,60,61)(H,62,63). The molecular weight excluding hydrogens is 939 g/mol. The molecule has 69 heavy (non-hydrogen) atoms. The molecule has 0 amide bonds. The van der Waals surface area contributed by atoms with Gasteiger partial charge in [-0.15, -0.1) is 45.3 Å². The fourth-order valence-electron chi connectivity index (χ4n) is 7.87. The molecule has 4 heterocycles. The minimum atomic E-state index is -1.24. The number of carbonyl (C=O) groups is 2. The van der Waals surface area contributed by atoms with Crippen molar-refractivity contribution < 1.29 is 29.3 Å². The number of ether oxygens (including phenoxy) is 2. The van der Waals surface area contributed by atoms with Crippen LogP contribution in [0.3, 0.4) is 0 Å². The first-order valence-corrected chi connectivity index (χ1v) is 26.2. The Morgan fingerprint density at radius 3 is 1.39 bits per heavy atom. The van der Waals surface area contributed by atoms with E-state index < -0.39 is 11.9 Å². The zero-order chi connectivity index (χ0) is 48.3. The smallest absolute Gasteiger partial charge is 0.346 e. The molecule has 0 bridgehead atoms. The maximum atomic E-state index is 11.4. The van der Waals surface area contributed by atoms with Gasteiger partial charge in [0.15, 0.2) is 0 Å². The first-order valence-electron chi connectivity index (χ1n) is 22.9. The molecule has 4 aromatic heterocycles. The summed E-state index contributed by atoms with van der Waals surface area (Å²) in [6.45, 7) is 5.74. The Labute approximate surface area is 417 Å². The molecule has 13 heteroatoms. The van der Waals surface area contributed by atoms with Crippen LogP contribution in [-0.2, 0) is 9.59 Å². The highest BCUT2D eigenvalue weighted by Crippen LogP contribution is 2.44. The Morgan fingerprint density at radius 2 is 0.971 bits per heavy atom. The van der Waals surface area contributed by atoms with Crippen molar-refractivity contribution in [1.82, 2.24) is 0 Å². The Bertz CT molecular complexity index is 3010. The van der Waals surface area contributed by atoms with E-state index in [-0.39, 0.29) is 11.1 Å². The number of anilines is 3. The van der Waals surface area contributed by atoms with E-state index in [4.69, 9.17) is 9.47 Å². The van der Waals surface area contributed by atoms with Gasteiger partial charge in [-0.05, 0) is 114 Å². The largest absolute Gasteiger partial charge is 0.493 e. The van der Waals surface area contributed by atoms with Crippen LogP contribution in [0.15, 0.2) is 126 Å². The summed E-state index contributed by atoms with van der Waals surface area (Å²) in [6.07, 6.45) is 11.9. The Balaban J connectivity index is 1.10. The zero-order valence-corrected chi connectivity index (χ0v) is 41.5. The van der Waals surface area contributed by atoms with Gasteiger partial charge >= 0.3 is 11.9 Å². The summed E-state index contributed by atoms with van der Waals surface area (Å²) in [6, 6.07) is 43.3. The minimum absolute atomic E-state index is 0.293. The summed E-state index contributed by atoms with van der Waals surface area (Å²) in [4.78, 5) is 28.7. The van der Waals surface area contributed by atoms with Crippen LogP contribution in [0, 0.1) is 22.7 Å². The minimum Gasteiger partial charge on any atom is -0.493 e. The summed E-state index contributed by atoms with van der Waals surface area (Å²) < 4.78 is 16.8. The number of carboxylic acids is 2. The predicted octanol–water partition coefficient (Wildman–Crippen LogP) is 16.6. The van der Waals surface area contributed by atoms with Gasteiger partial charge in [-0.2, -0.15) is 10.5 Å². The Hall–Kier alpha value is -7.00. The third-order valence-corrected chi connectivity index (χ3v) is 16.0. The average Bonchev–Trinajstić information content (AvgIpc) is 4.14. The molecule has 4 aromatic carbocycles. The van der Waals surface area contributed by atoms with Gasteiger partial charge in [0.2, 0.25) is 0 Å². The molecule has 0 atom stereocenters. The maximum absolute atomic E-state index is 11.4. The molecule has 8 rings (SSSR count). The second-order valence-electron chi connectivity index (χ2n) is 16.4. The summed E-state index contributed by atoms with van der Waals surface area (Å²) in [7, 11) is 0. The second kappa shape index (κ2) is 22.9. The molecule has 0 unspecified atom stereocenters. The van der Waals surface area contributed by atoms with Gasteiger partial charge in [0.1, 0.15) is 34.8 Å². The lowest BCUT2D eigenvalue weighted by Crippen LogP contribution is -2.09. The van der Waals surface area contributed by atoms with Gasteiger partial charge in [-0.1, -0.05) is 88.8 Å². The molecule has 0 spiro atoms. The predicted molar refractivity (Wildman–Crippen MR) is 286 cm³/mol. The molecule has 0 fully saturated rings. The van der Waals surface area contributed by atoms with Gasteiger partial charge in [0.25, 0.3) is 0 Å². The average molecular weight is 988 g/mol. The summed E-state index contributed by atoms with van der Waals surface area (Å²) in [5.41, 5.74) is 6.47. The fourth-order valence-corrected chi connectivity index (χ4v) is 12.6. The van der Waals surface area contributed by atoms with Crippen molar-refractivity contribution in [2.24, 2.45) is 0 Å². The third-order valence-electron chi connectivity index (χ3n) is 11.5. The highest BCUT2D eigenvalue weighted by atomic mass is 32.1.